The summed E-state index contributed by atoms with van der Waals surface area (Å²) in [5.74, 6) is 0. The van der Waals surface area contributed by atoms with Crippen molar-refractivity contribution in [1.82, 2.24) is 0 Å². The summed E-state index contributed by atoms with van der Waals surface area (Å²) in [5.41, 5.74) is -0.547. The van der Waals surface area contributed by atoms with Crippen LogP contribution in [0.4, 0.5) is 26.3 Å². The van der Waals surface area contributed by atoms with Crippen molar-refractivity contribution in [2.75, 3.05) is 0 Å². The van der Waals surface area contributed by atoms with E-state index in [-0.39, 0.29) is 6.42 Å². The highest BCUT2D eigenvalue weighted by molar-refractivity contribution is 5.33. The van der Waals surface area contributed by atoms with Gasteiger partial charge in [0.15, 0.2) is 0 Å². The summed E-state index contributed by atoms with van der Waals surface area (Å²) in [6.07, 6.45) is -7.03. The van der Waals surface area contributed by atoms with Gasteiger partial charge in [-0.3, -0.25) is 0 Å². The predicted molar refractivity (Wildman–Crippen MR) is 70.0 cm³/mol. The van der Waals surface area contributed by atoms with E-state index in [1.165, 1.54) is 24.3 Å². The molecule has 0 nitrogen and oxygen atoms in total. The second-order valence-corrected chi connectivity index (χ2v) is 4.73. The summed E-state index contributed by atoms with van der Waals surface area (Å²) < 4.78 is 74.9. The zero-order valence-corrected chi connectivity index (χ0v) is 11.2. The maximum Gasteiger partial charge on any atom is 0.416 e. The van der Waals surface area contributed by atoms with Crippen LogP contribution in [0.3, 0.4) is 0 Å². The average molecular weight is 317 g/mol. The molecule has 0 aliphatic rings. The Kier molecular flexibility index (Phi) is 4.49. The number of halogens is 6. The van der Waals surface area contributed by atoms with E-state index >= 15 is 0 Å². The van der Waals surface area contributed by atoms with Crippen LogP contribution in [-0.4, -0.2) is 0 Å². The minimum atomic E-state index is -4.41. The van der Waals surface area contributed by atoms with Crippen molar-refractivity contribution in [3.8, 4) is 0 Å². The second kappa shape index (κ2) is 6.02. The standard InChI is InChI=1S/C16H11F6/c17-15(18,19)13-8-6-11(7-9-13)4-5-12-2-1-3-14(10-12)16(20,21)22/h1-4,6-10H,5H2. The van der Waals surface area contributed by atoms with Crippen molar-refractivity contribution in [1.29, 1.82) is 0 Å². The van der Waals surface area contributed by atoms with Crippen LogP contribution in [-0.2, 0) is 18.8 Å². The van der Waals surface area contributed by atoms with Gasteiger partial charge in [-0.2, -0.15) is 26.3 Å². The summed E-state index contributed by atoms with van der Waals surface area (Å²) in [4.78, 5) is 0. The number of benzene rings is 2. The Balaban J connectivity index is 2.04. The van der Waals surface area contributed by atoms with Gasteiger partial charge < -0.3 is 0 Å². The molecule has 0 atom stereocenters. The Morgan fingerprint density at radius 1 is 0.727 bits per heavy atom. The Morgan fingerprint density at radius 2 is 1.32 bits per heavy atom. The van der Waals surface area contributed by atoms with Crippen LogP contribution in [0, 0.1) is 6.42 Å². The van der Waals surface area contributed by atoms with Gasteiger partial charge in [-0.05, 0) is 42.2 Å². The molecule has 1 radical (unpaired) electrons. The normalized spacial score (nSPS) is 12.5. The fourth-order valence-electron chi connectivity index (χ4n) is 1.92. The molecule has 0 heterocycles. The molecule has 0 saturated carbocycles. The van der Waals surface area contributed by atoms with E-state index in [1.807, 2.05) is 0 Å². The van der Waals surface area contributed by atoms with Gasteiger partial charge in [0.05, 0.1) is 11.1 Å². The molecule has 2 aromatic carbocycles. The lowest BCUT2D eigenvalue weighted by Crippen LogP contribution is -2.05. The third kappa shape index (κ3) is 4.26. The van der Waals surface area contributed by atoms with Gasteiger partial charge in [-0.15, -0.1) is 0 Å². The van der Waals surface area contributed by atoms with E-state index in [4.69, 9.17) is 0 Å². The van der Waals surface area contributed by atoms with Gasteiger partial charge in [-0.25, -0.2) is 0 Å². The van der Waals surface area contributed by atoms with Crippen LogP contribution >= 0.6 is 0 Å². The summed E-state index contributed by atoms with van der Waals surface area (Å²) >= 11 is 0. The Hall–Kier alpha value is -1.98. The van der Waals surface area contributed by atoms with Crippen LogP contribution in [0.15, 0.2) is 48.5 Å². The van der Waals surface area contributed by atoms with Crippen molar-refractivity contribution in [3.63, 3.8) is 0 Å². The number of hydrogen-bond acceptors (Lipinski definition) is 0. The highest BCUT2D eigenvalue weighted by atomic mass is 19.4. The molecule has 0 fully saturated rings. The lowest BCUT2D eigenvalue weighted by Gasteiger charge is -2.09. The first-order valence-corrected chi connectivity index (χ1v) is 6.33. The van der Waals surface area contributed by atoms with Gasteiger partial charge >= 0.3 is 12.4 Å². The highest BCUT2D eigenvalue weighted by Crippen LogP contribution is 2.31. The first-order valence-electron chi connectivity index (χ1n) is 6.33. The van der Waals surface area contributed by atoms with Crippen molar-refractivity contribution < 1.29 is 26.3 Å². The molecule has 2 rings (SSSR count). The third-order valence-electron chi connectivity index (χ3n) is 3.07. The topological polar surface area (TPSA) is 0 Å². The van der Waals surface area contributed by atoms with Crippen LogP contribution in [0.1, 0.15) is 22.3 Å². The lowest BCUT2D eigenvalue weighted by molar-refractivity contribution is -0.138. The van der Waals surface area contributed by atoms with Crippen molar-refractivity contribution in [3.05, 3.63) is 77.2 Å². The van der Waals surface area contributed by atoms with Crippen molar-refractivity contribution in [2.45, 2.75) is 18.8 Å². The minimum Gasteiger partial charge on any atom is -0.166 e. The Labute approximate surface area is 123 Å². The molecule has 0 N–H and O–H groups in total. The smallest absolute Gasteiger partial charge is 0.166 e. The summed E-state index contributed by atoms with van der Waals surface area (Å²) in [7, 11) is 0. The molecule has 0 aliphatic carbocycles. The van der Waals surface area contributed by atoms with Crippen LogP contribution in [0.25, 0.3) is 0 Å². The summed E-state index contributed by atoms with van der Waals surface area (Å²) in [5, 5.41) is 0. The molecule has 0 spiro atoms. The fraction of sp³-hybridized carbons (Fsp3) is 0.188. The van der Waals surface area contributed by atoms with E-state index in [2.05, 4.69) is 0 Å². The SMILES string of the molecule is FC(F)(F)c1ccc([CH]Cc2cccc(C(F)(F)F)c2)cc1. The van der Waals surface area contributed by atoms with Crippen molar-refractivity contribution >= 4 is 0 Å². The van der Waals surface area contributed by atoms with E-state index in [1.54, 1.807) is 6.42 Å². The van der Waals surface area contributed by atoms with Crippen LogP contribution < -0.4 is 0 Å². The Morgan fingerprint density at radius 3 is 1.86 bits per heavy atom. The first kappa shape index (κ1) is 16.4. The molecule has 2 aromatic rings. The molecule has 117 valence electrons. The van der Waals surface area contributed by atoms with Crippen LogP contribution in [0.5, 0.6) is 0 Å². The zero-order chi connectivity index (χ0) is 16.4. The first-order chi connectivity index (χ1) is 10.2. The van der Waals surface area contributed by atoms with E-state index in [0.29, 0.717) is 11.1 Å². The Bertz CT molecular complexity index is 622. The molecule has 0 aliphatic heterocycles. The van der Waals surface area contributed by atoms with E-state index < -0.39 is 23.5 Å². The van der Waals surface area contributed by atoms with Gasteiger partial charge in [0.25, 0.3) is 0 Å². The van der Waals surface area contributed by atoms with E-state index in [0.717, 1.165) is 24.3 Å². The fourth-order valence-corrected chi connectivity index (χ4v) is 1.92. The highest BCUT2D eigenvalue weighted by Gasteiger charge is 2.31. The van der Waals surface area contributed by atoms with Crippen molar-refractivity contribution in [2.24, 2.45) is 0 Å². The molecule has 0 unspecified atom stereocenters. The molecule has 0 aromatic heterocycles. The molecule has 0 bridgehead atoms. The second-order valence-electron chi connectivity index (χ2n) is 4.73. The molecule has 0 saturated heterocycles. The third-order valence-corrected chi connectivity index (χ3v) is 3.07. The summed E-state index contributed by atoms with van der Waals surface area (Å²) in [6, 6.07) is 9.31. The maximum absolute atomic E-state index is 12.6. The van der Waals surface area contributed by atoms with Gasteiger partial charge in [-0.1, -0.05) is 30.3 Å². The number of alkyl halides is 6. The minimum absolute atomic E-state index is 0.204. The predicted octanol–water partition coefficient (Wildman–Crippen LogP) is 5.52. The number of rotatable bonds is 3. The zero-order valence-electron chi connectivity index (χ0n) is 11.2. The molecule has 22 heavy (non-hydrogen) atoms. The van der Waals surface area contributed by atoms with Gasteiger partial charge in [0.1, 0.15) is 0 Å². The lowest BCUT2D eigenvalue weighted by atomic mass is 10.0. The van der Waals surface area contributed by atoms with E-state index in [9.17, 15) is 26.3 Å². The quantitative estimate of drug-likeness (QED) is 0.654. The van der Waals surface area contributed by atoms with Gasteiger partial charge in [0.2, 0.25) is 0 Å². The average Bonchev–Trinajstić information content (AvgIpc) is 2.44. The molecule has 6 heteroatoms. The molecule has 0 amide bonds. The monoisotopic (exact) mass is 317 g/mol. The maximum atomic E-state index is 12.6. The largest absolute Gasteiger partial charge is 0.416 e. The molecular formula is C16H11F6. The van der Waals surface area contributed by atoms with Gasteiger partial charge in [0, 0.05) is 0 Å². The molecular weight excluding hydrogens is 306 g/mol. The number of hydrogen-bond donors (Lipinski definition) is 0. The van der Waals surface area contributed by atoms with Crippen LogP contribution in [0.2, 0.25) is 0 Å². The summed E-state index contributed by atoms with van der Waals surface area (Å²) in [6.45, 7) is 0.